The quantitative estimate of drug-likeness (QED) is 0.646. The Morgan fingerprint density at radius 3 is 2.25 bits per heavy atom. The lowest BCUT2D eigenvalue weighted by atomic mass is 10.0. The summed E-state index contributed by atoms with van der Waals surface area (Å²) in [6.07, 6.45) is 0.335. The Hall–Kier alpha value is -1.000. The van der Waals surface area contributed by atoms with Crippen LogP contribution in [-0.4, -0.2) is 0 Å². The van der Waals surface area contributed by atoms with Crippen LogP contribution in [0.1, 0.15) is 24.9 Å². The Balaban J connectivity index is 0.00000225. The summed E-state index contributed by atoms with van der Waals surface area (Å²) < 4.78 is 38.7. The molecule has 2 N–H and O–H groups in total. The van der Waals surface area contributed by atoms with Gasteiger partial charge in [0.05, 0.1) is 0 Å². The van der Waals surface area contributed by atoms with Crippen LogP contribution < -0.4 is 5.73 Å². The van der Waals surface area contributed by atoms with Crippen LogP contribution in [0.25, 0.3) is 0 Å². The molecule has 0 aliphatic carbocycles. The minimum Gasteiger partial charge on any atom is -0.324 e. The largest absolute Gasteiger partial charge is 0.324 e. The molecule has 0 saturated carbocycles. The summed E-state index contributed by atoms with van der Waals surface area (Å²) >= 11 is 0. The maximum absolute atomic E-state index is 13.2. The lowest BCUT2D eigenvalue weighted by Crippen LogP contribution is -2.13. The Morgan fingerprint density at radius 2 is 1.75 bits per heavy atom. The number of rotatable bonds is 3. The Morgan fingerprint density at radius 1 is 1.25 bits per heavy atom. The van der Waals surface area contributed by atoms with E-state index in [1.807, 2.05) is 0 Å². The van der Waals surface area contributed by atoms with Crippen LogP contribution >= 0.6 is 12.4 Å². The SMILES string of the molecule is C=C(C)C[C@H](N)c1cc(F)c(F)cc1F.Cl. The zero-order chi connectivity index (χ0) is 11.6. The molecular formula is C11H13ClF3N. The highest BCUT2D eigenvalue weighted by Crippen LogP contribution is 2.22. The van der Waals surface area contributed by atoms with Crippen molar-refractivity contribution in [2.24, 2.45) is 5.73 Å². The van der Waals surface area contributed by atoms with Crippen molar-refractivity contribution in [3.63, 3.8) is 0 Å². The fourth-order valence-electron chi connectivity index (χ4n) is 1.31. The maximum atomic E-state index is 13.2. The molecule has 0 fully saturated rings. The summed E-state index contributed by atoms with van der Waals surface area (Å²) in [5.74, 6) is -3.13. The van der Waals surface area contributed by atoms with Gasteiger partial charge in [0.1, 0.15) is 5.82 Å². The van der Waals surface area contributed by atoms with E-state index >= 15 is 0 Å². The summed E-state index contributed by atoms with van der Waals surface area (Å²) in [5.41, 5.74) is 6.35. The second kappa shape index (κ2) is 5.92. The molecule has 0 unspecified atom stereocenters. The molecule has 1 aromatic rings. The molecule has 1 rings (SSSR count). The van der Waals surface area contributed by atoms with Crippen LogP contribution in [0, 0.1) is 17.5 Å². The first kappa shape index (κ1) is 15.0. The molecule has 0 aliphatic heterocycles. The van der Waals surface area contributed by atoms with Gasteiger partial charge in [0.25, 0.3) is 0 Å². The Bertz CT molecular complexity index is 393. The number of benzene rings is 1. The van der Waals surface area contributed by atoms with Crippen LogP contribution in [0.4, 0.5) is 13.2 Å². The van der Waals surface area contributed by atoms with E-state index in [4.69, 9.17) is 5.73 Å². The number of halogens is 4. The Labute approximate surface area is 98.6 Å². The van der Waals surface area contributed by atoms with Gasteiger partial charge in [-0.15, -0.1) is 19.0 Å². The van der Waals surface area contributed by atoms with Crippen LogP contribution in [0.15, 0.2) is 24.3 Å². The molecule has 90 valence electrons. The monoisotopic (exact) mass is 251 g/mol. The zero-order valence-electron chi connectivity index (χ0n) is 8.77. The average Bonchev–Trinajstić information content (AvgIpc) is 2.09. The molecule has 0 aliphatic rings. The van der Waals surface area contributed by atoms with E-state index in [0.29, 0.717) is 12.5 Å². The zero-order valence-corrected chi connectivity index (χ0v) is 9.58. The third kappa shape index (κ3) is 3.54. The van der Waals surface area contributed by atoms with Gasteiger partial charge >= 0.3 is 0 Å². The summed E-state index contributed by atoms with van der Waals surface area (Å²) in [6, 6.07) is 0.596. The van der Waals surface area contributed by atoms with E-state index in [9.17, 15) is 13.2 Å². The van der Waals surface area contributed by atoms with Crippen LogP contribution in [-0.2, 0) is 0 Å². The van der Waals surface area contributed by atoms with Gasteiger partial charge in [0.2, 0.25) is 0 Å². The molecule has 16 heavy (non-hydrogen) atoms. The first-order valence-corrected chi connectivity index (χ1v) is 4.46. The van der Waals surface area contributed by atoms with Crippen molar-refractivity contribution in [3.05, 3.63) is 47.3 Å². The second-order valence-electron chi connectivity index (χ2n) is 3.56. The lowest BCUT2D eigenvalue weighted by Gasteiger charge is -2.13. The average molecular weight is 252 g/mol. The molecule has 0 radical (unpaired) electrons. The normalized spacial score (nSPS) is 11.8. The first-order chi connectivity index (χ1) is 6.91. The molecule has 1 atom stereocenters. The minimum absolute atomic E-state index is 0. The standard InChI is InChI=1S/C11H12F3N.ClH/c1-6(2)3-11(15)7-4-9(13)10(14)5-8(7)12;/h4-5,11H,1,3,15H2,2H3;1H/t11-;/m0./s1. The number of hydrogen-bond acceptors (Lipinski definition) is 1. The van der Waals surface area contributed by atoms with E-state index in [2.05, 4.69) is 6.58 Å². The van der Waals surface area contributed by atoms with Gasteiger partial charge < -0.3 is 5.73 Å². The summed E-state index contributed by atoms with van der Waals surface area (Å²) in [5, 5.41) is 0. The highest BCUT2D eigenvalue weighted by atomic mass is 35.5. The van der Waals surface area contributed by atoms with Crippen LogP contribution in [0.3, 0.4) is 0 Å². The van der Waals surface area contributed by atoms with Gasteiger partial charge in [0.15, 0.2) is 11.6 Å². The molecule has 0 heterocycles. The van der Waals surface area contributed by atoms with E-state index in [0.717, 1.165) is 11.6 Å². The highest BCUT2D eigenvalue weighted by molar-refractivity contribution is 5.85. The van der Waals surface area contributed by atoms with Gasteiger partial charge in [0, 0.05) is 17.7 Å². The molecule has 0 bridgehead atoms. The van der Waals surface area contributed by atoms with E-state index in [1.165, 1.54) is 0 Å². The van der Waals surface area contributed by atoms with Crippen molar-refractivity contribution >= 4 is 12.4 Å². The van der Waals surface area contributed by atoms with Gasteiger partial charge in [-0.3, -0.25) is 0 Å². The fraction of sp³-hybridized carbons (Fsp3) is 0.273. The molecule has 0 saturated heterocycles. The highest BCUT2D eigenvalue weighted by Gasteiger charge is 2.15. The number of nitrogens with two attached hydrogens (primary N) is 1. The minimum atomic E-state index is -1.21. The van der Waals surface area contributed by atoms with Crippen LogP contribution in [0.5, 0.6) is 0 Å². The molecule has 0 spiro atoms. The molecule has 5 heteroatoms. The van der Waals surface area contributed by atoms with Gasteiger partial charge in [-0.2, -0.15) is 0 Å². The van der Waals surface area contributed by atoms with E-state index < -0.39 is 23.5 Å². The van der Waals surface area contributed by atoms with Crippen molar-refractivity contribution in [3.8, 4) is 0 Å². The first-order valence-electron chi connectivity index (χ1n) is 4.46. The van der Waals surface area contributed by atoms with Crippen molar-refractivity contribution in [1.29, 1.82) is 0 Å². The van der Waals surface area contributed by atoms with E-state index in [-0.39, 0.29) is 18.0 Å². The van der Waals surface area contributed by atoms with Gasteiger partial charge in [-0.1, -0.05) is 5.57 Å². The van der Waals surface area contributed by atoms with Gasteiger partial charge in [-0.25, -0.2) is 13.2 Å². The lowest BCUT2D eigenvalue weighted by molar-refractivity contribution is 0.484. The third-order valence-corrected chi connectivity index (χ3v) is 2.01. The summed E-state index contributed by atoms with van der Waals surface area (Å²) in [7, 11) is 0. The molecular weight excluding hydrogens is 239 g/mol. The molecule has 0 aromatic heterocycles. The predicted octanol–water partition coefficient (Wildman–Crippen LogP) is 3.49. The van der Waals surface area contributed by atoms with Gasteiger partial charge in [-0.05, 0) is 19.4 Å². The van der Waals surface area contributed by atoms with Crippen molar-refractivity contribution in [2.45, 2.75) is 19.4 Å². The smallest absolute Gasteiger partial charge is 0.161 e. The maximum Gasteiger partial charge on any atom is 0.161 e. The molecule has 0 amide bonds. The Kier molecular flexibility index (Phi) is 5.55. The fourth-order valence-corrected chi connectivity index (χ4v) is 1.31. The predicted molar refractivity (Wildman–Crippen MR) is 59.9 cm³/mol. The second-order valence-corrected chi connectivity index (χ2v) is 3.56. The van der Waals surface area contributed by atoms with Crippen LogP contribution in [0.2, 0.25) is 0 Å². The van der Waals surface area contributed by atoms with Crippen molar-refractivity contribution in [1.82, 2.24) is 0 Å². The van der Waals surface area contributed by atoms with E-state index in [1.54, 1.807) is 6.92 Å². The summed E-state index contributed by atoms with van der Waals surface area (Å²) in [6.45, 7) is 5.35. The van der Waals surface area contributed by atoms with Crippen molar-refractivity contribution in [2.75, 3.05) is 0 Å². The third-order valence-electron chi connectivity index (χ3n) is 2.01. The topological polar surface area (TPSA) is 26.0 Å². The molecule has 1 aromatic carbocycles. The number of hydrogen-bond donors (Lipinski definition) is 1. The van der Waals surface area contributed by atoms with Crippen molar-refractivity contribution < 1.29 is 13.2 Å². The summed E-state index contributed by atoms with van der Waals surface area (Å²) in [4.78, 5) is 0. The molecule has 1 nitrogen and oxygen atoms in total.